The fourth-order valence-electron chi connectivity index (χ4n) is 1.56. The number of rotatable bonds is 4. The van der Waals surface area contributed by atoms with Crippen molar-refractivity contribution in [3.05, 3.63) is 40.7 Å². The molecule has 0 aromatic carbocycles. The Balaban J connectivity index is 2.10. The minimum absolute atomic E-state index is 0.352. The molecular formula is C12H15N3S. The van der Waals surface area contributed by atoms with Crippen molar-refractivity contribution < 1.29 is 0 Å². The van der Waals surface area contributed by atoms with Crippen LogP contribution < -0.4 is 11.1 Å². The lowest BCUT2D eigenvalue weighted by molar-refractivity contribution is 0.763. The molecule has 2 rings (SSSR count). The molecule has 0 bridgehead atoms. The first kappa shape index (κ1) is 11.0. The number of nitrogen functional groups attached to an aromatic ring is 1. The van der Waals surface area contributed by atoms with Gasteiger partial charge in [-0.05, 0) is 30.0 Å². The Kier molecular flexibility index (Phi) is 3.41. The monoisotopic (exact) mass is 233 g/mol. The Morgan fingerprint density at radius 3 is 2.88 bits per heavy atom. The number of nitrogens with two attached hydrogens (primary N) is 1. The topological polar surface area (TPSA) is 50.9 Å². The van der Waals surface area contributed by atoms with Gasteiger partial charge in [-0.25, -0.2) is 4.98 Å². The van der Waals surface area contributed by atoms with Crippen LogP contribution in [0.4, 0.5) is 11.5 Å². The van der Waals surface area contributed by atoms with Crippen LogP contribution in [0.25, 0.3) is 0 Å². The molecule has 2 heterocycles. The van der Waals surface area contributed by atoms with E-state index in [2.05, 4.69) is 34.7 Å². The first-order valence-corrected chi connectivity index (χ1v) is 6.19. The standard InChI is InChI=1S/C12H15N3S/c1-2-10(11-4-3-7-16-11)15-9-5-6-12(13)14-8-9/h3-8,10,15H,2H2,1H3,(H2,13,14). The first-order valence-electron chi connectivity index (χ1n) is 5.31. The van der Waals surface area contributed by atoms with Gasteiger partial charge in [-0.2, -0.15) is 0 Å². The van der Waals surface area contributed by atoms with Crippen molar-refractivity contribution in [3.63, 3.8) is 0 Å². The van der Waals surface area contributed by atoms with Gasteiger partial charge < -0.3 is 11.1 Å². The zero-order valence-corrected chi connectivity index (χ0v) is 10.00. The number of hydrogen-bond acceptors (Lipinski definition) is 4. The van der Waals surface area contributed by atoms with Crippen molar-refractivity contribution in [3.8, 4) is 0 Å². The van der Waals surface area contributed by atoms with Crippen molar-refractivity contribution in [1.82, 2.24) is 4.98 Å². The quantitative estimate of drug-likeness (QED) is 0.852. The Bertz CT molecular complexity index is 422. The molecule has 16 heavy (non-hydrogen) atoms. The minimum atomic E-state index is 0.352. The van der Waals surface area contributed by atoms with E-state index in [0.29, 0.717) is 11.9 Å². The van der Waals surface area contributed by atoms with E-state index in [9.17, 15) is 0 Å². The SMILES string of the molecule is CCC(Nc1ccc(N)nc1)c1cccs1. The smallest absolute Gasteiger partial charge is 0.123 e. The predicted molar refractivity (Wildman–Crippen MR) is 69.6 cm³/mol. The molecule has 3 N–H and O–H groups in total. The van der Waals surface area contributed by atoms with Crippen molar-refractivity contribution in [2.75, 3.05) is 11.1 Å². The molecule has 0 spiro atoms. The number of anilines is 2. The lowest BCUT2D eigenvalue weighted by Crippen LogP contribution is -2.08. The Morgan fingerprint density at radius 2 is 2.31 bits per heavy atom. The molecule has 2 aromatic heterocycles. The number of nitrogens with zero attached hydrogens (tertiary/aromatic N) is 1. The Hall–Kier alpha value is -1.55. The molecule has 0 aliphatic rings. The number of nitrogens with one attached hydrogen (secondary N) is 1. The van der Waals surface area contributed by atoms with E-state index in [1.165, 1.54) is 4.88 Å². The third-order valence-corrected chi connectivity index (χ3v) is 3.41. The number of pyridine rings is 1. The Morgan fingerprint density at radius 1 is 1.44 bits per heavy atom. The van der Waals surface area contributed by atoms with Crippen molar-refractivity contribution in [2.24, 2.45) is 0 Å². The summed E-state index contributed by atoms with van der Waals surface area (Å²) in [6.07, 6.45) is 2.82. The molecule has 84 valence electrons. The third-order valence-electron chi connectivity index (χ3n) is 2.42. The number of aromatic nitrogens is 1. The molecule has 2 aromatic rings. The van der Waals surface area contributed by atoms with Crippen LogP contribution in [0.5, 0.6) is 0 Å². The summed E-state index contributed by atoms with van der Waals surface area (Å²) in [6, 6.07) is 8.34. The molecule has 0 fully saturated rings. The van der Waals surface area contributed by atoms with E-state index in [4.69, 9.17) is 5.73 Å². The first-order chi connectivity index (χ1) is 7.79. The largest absolute Gasteiger partial charge is 0.384 e. The van der Waals surface area contributed by atoms with Gasteiger partial charge in [0.05, 0.1) is 17.9 Å². The van der Waals surface area contributed by atoms with Crippen LogP contribution in [0, 0.1) is 0 Å². The summed E-state index contributed by atoms with van der Waals surface area (Å²) in [5, 5.41) is 5.55. The van der Waals surface area contributed by atoms with Crippen LogP contribution in [-0.2, 0) is 0 Å². The molecule has 1 atom stereocenters. The van der Waals surface area contributed by atoms with E-state index in [1.54, 1.807) is 17.5 Å². The minimum Gasteiger partial charge on any atom is -0.384 e. The van der Waals surface area contributed by atoms with Gasteiger partial charge in [0.1, 0.15) is 5.82 Å². The lowest BCUT2D eigenvalue weighted by atomic mass is 10.2. The van der Waals surface area contributed by atoms with Gasteiger partial charge in [0.25, 0.3) is 0 Å². The highest BCUT2D eigenvalue weighted by molar-refractivity contribution is 7.10. The second kappa shape index (κ2) is 4.99. The zero-order valence-electron chi connectivity index (χ0n) is 9.18. The fourth-order valence-corrected chi connectivity index (χ4v) is 2.42. The summed E-state index contributed by atoms with van der Waals surface area (Å²) in [5.74, 6) is 0.551. The van der Waals surface area contributed by atoms with Crippen LogP contribution >= 0.6 is 11.3 Å². The van der Waals surface area contributed by atoms with E-state index in [0.717, 1.165) is 12.1 Å². The van der Waals surface area contributed by atoms with Gasteiger partial charge in [0.2, 0.25) is 0 Å². The molecule has 0 radical (unpaired) electrons. The predicted octanol–water partition coefficient (Wildman–Crippen LogP) is 3.29. The maximum atomic E-state index is 5.55. The van der Waals surface area contributed by atoms with Crippen LogP contribution in [0.1, 0.15) is 24.3 Å². The molecule has 0 aliphatic heterocycles. The van der Waals surface area contributed by atoms with Gasteiger partial charge in [-0.1, -0.05) is 13.0 Å². The van der Waals surface area contributed by atoms with Crippen molar-refractivity contribution in [2.45, 2.75) is 19.4 Å². The molecular weight excluding hydrogens is 218 g/mol. The molecule has 0 saturated carbocycles. The molecule has 4 heteroatoms. The molecule has 0 saturated heterocycles. The van der Waals surface area contributed by atoms with Crippen molar-refractivity contribution in [1.29, 1.82) is 0 Å². The van der Waals surface area contributed by atoms with Gasteiger partial charge >= 0.3 is 0 Å². The van der Waals surface area contributed by atoms with Crippen LogP contribution in [0.2, 0.25) is 0 Å². The summed E-state index contributed by atoms with van der Waals surface area (Å²) in [7, 11) is 0. The summed E-state index contributed by atoms with van der Waals surface area (Å²) in [4.78, 5) is 5.41. The Labute approximate surface area is 99.3 Å². The van der Waals surface area contributed by atoms with E-state index in [-0.39, 0.29) is 0 Å². The van der Waals surface area contributed by atoms with Gasteiger partial charge in [0.15, 0.2) is 0 Å². The fraction of sp³-hybridized carbons (Fsp3) is 0.250. The third kappa shape index (κ3) is 2.52. The van der Waals surface area contributed by atoms with Crippen molar-refractivity contribution >= 4 is 22.8 Å². The summed E-state index contributed by atoms with van der Waals surface area (Å²) in [6.45, 7) is 2.17. The normalized spacial score (nSPS) is 12.3. The summed E-state index contributed by atoms with van der Waals surface area (Å²) >= 11 is 1.77. The summed E-state index contributed by atoms with van der Waals surface area (Å²) in [5.41, 5.74) is 6.56. The highest BCUT2D eigenvalue weighted by Gasteiger charge is 2.09. The molecule has 1 unspecified atom stereocenters. The highest BCUT2D eigenvalue weighted by atomic mass is 32.1. The lowest BCUT2D eigenvalue weighted by Gasteiger charge is -2.16. The van der Waals surface area contributed by atoms with Gasteiger partial charge in [-0.3, -0.25) is 0 Å². The summed E-state index contributed by atoms with van der Waals surface area (Å²) < 4.78 is 0. The zero-order chi connectivity index (χ0) is 11.4. The second-order valence-electron chi connectivity index (χ2n) is 3.59. The molecule has 0 aliphatic carbocycles. The van der Waals surface area contributed by atoms with Gasteiger partial charge in [0, 0.05) is 4.88 Å². The van der Waals surface area contributed by atoms with Crippen LogP contribution in [0.3, 0.4) is 0 Å². The van der Waals surface area contributed by atoms with Crippen LogP contribution in [0.15, 0.2) is 35.8 Å². The van der Waals surface area contributed by atoms with E-state index in [1.807, 2.05) is 12.1 Å². The molecule has 3 nitrogen and oxygen atoms in total. The van der Waals surface area contributed by atoms with Gasteiger partial charge in [-0.15, -0.1) is 11.3 Å². The average molecular weight is 233 g/mol. The maximum Gasteiger partial charge on any atom is 0.123 e. The number of thiophene rings is 1. The van der Waals surface area contributed by atoms with Crippen LogP contribution in [-0.4, -0.2) is 4.98 Å². The van der Waals surface area contributed by atoms with E-state index < -0.39 is 0 Å². The highest BCUT2D eigenvalue weighted by Crippen LogP contribution is 2.25. The number of hydrogen-bond donors (Lipinski definition) is 2. The maximum absolute atomic E-state index is 5.55. The molecule has 0 amide bonds. The second-order valence-corrected chi connectivity index (χ2v) is 4.57. The van der Waals surface area contributed by atoms with E-state index >= 15 is 0 Å². The average Bonchev–Trinajstić information content (AvgIpc) is 2.82.